The lowest BCUT2D eigenvalue weighted by molar-refractivity contribution is -0.132. The number of amides is 1. The molecule has 1 fully saturated rings. The Morgan fingerprint density at radius 2 is 1.77 bits per heavy atom. The number of rotatable bonds is 4. The fraction of sp³-hybridized carbons (Fsp3) is 0.200. The summed E-state index contributed by atoms with van der Waals surface area (Å²) in [7, 11) is 1.58. The number of anilines is 1. The Balaban J connectivity index is 1.91. The van der Waals surface area contributed by atoms with Gasteiger partial charge in [-0.2, -0.15) is 0 Å². The molecule has 1 N–H and O–H groups in total. The molecular formula is C25H23NO4S. The first kappa shape index (κ1) is 20.9. The predicted octanol–water partition coefficient (Wildman–Crippen LogP) is 5.31. The number of methoxy groups -OCH3 is 1. The molecule has 4 rings (SSSR count). The van der Waals surface area contributed by atoms with Crippen molar-refractivity contribution in [3.63, 3.8) is 0 Å². The number of aliphatic hydroxyl groups excluding tert-OH is 1. The van der Waals surface area contributed by atoms with Crippen LogP contribution in [0.1, 0.15) is 33.2 Å². The Labute approximate surface area is 185 Å². The minimum Gasteiger partial charge on any atom is -0.507 e. The van der Waals surface area contributed by atoms with E-state index >= 15 is 0 Å². The summed E-state index contributed by atoms with van der Waals surface area (Å²) in [6.45, 7) is 5.83. The second kappa shape index (κ2) is 8.04. The monoisotopic (exact) mass is 433 g/mol. The maximum Gasteiger partial charge on any atom is 0.300 e. The first-order valence-corrected chi connectivity index (χ1v) is 10.8. The van der Waals surface area contributed by atoms with Crippen LogP contribution in [0.3, 0.4) is 0 Å². The van der Waals surface area contributed by atoms with Gasteiger partial charge in [0.05, 0.1) is 12.7 Å². The summed E-state index contributed by atoms with van der Waals surface area (Å²) in [5, 5.41) is 13.1. The number of benzene rings is 2. The van der Waals surface area contributed by atoms with Gasteiger partial charge in [0.2, 0.25) is 0 Å². The lowest BCUT2D eigenvalue weighted by atomic mass is 9.98. The Kier molecular flexibility index (Phi) is 5.41. The van der Waals surface area contributed by atoms with Crippen LogP contribution >= 0.6 is 11.3 Å². The summed E-state index contributed by atoms with van der Waals surface area (Å²) in [5.74, 6) is -0.841. The highest BCUT2D eigenvalue weighted by Crippen LogP contribution is 2.44. The van der Waals surface area contributed by atoms with Crippen molar-refractivity contribution in [1.29, 1.82) is 0 Å². The molecule has 5 nitrogen and oxygen atoms in total. The molecule has 2 heterocycles. The predicted molar refractivity (Wildman–Crippen MR) is 123 cm³/mol. The van der Waals surface area contributed by atoms with Crippen LogP contribution in [0.2, 0.25) is 0 Å². The second-order valence-electron chi connectivity index (χ2n) is 7.64. The van der Waals surface area contributed by atoms with Crippen molar-refractivity contribution in [1.82, 2.24) is 0 Å². The molecule has 1 saturated heterocycles. The molecule has 1 aliphatic rings. The van der Waals surface area contributed by atoms with Gasteiger partial charge in [-0.3, -0.25) is 14.5 Å². The number of carbonyl (C=O) groups is 2. The third kappa shape index (κ3) is 3.53. The average Bonchev–Trinajstić information content (AvgIpc) is 3.37. The van der Waals surface area contributed by atoms with E-state index in [4.69, 9.17) is 4.74 Å². The van der Waals surface area contributed by atoms with Crippen LogP contribution in [-0.2, 0) is 9.59 Å². The molecule has 1 unspecified atom stereocenters. The van der Waals surface area contributed by atoms with E-state index in [0.29, 0.717) is 17.0 Å². The molecule has 0 aliphatic carbocycles. The minimum absolute atomic E-state index is 0.0928. The molecule has 31 heavy (non-hydrogen) atoms. The SMILES string of the molecule is COc1ccc(/C(O)=C2/C(=O)C(=O)N(c3ccc(C)c(C)c3)C2c2cccs2)cc1C. The molecule has 1 aromatic heterocycles. The van der Waals surface area contributed by atoms with Crippen molar-refractivity contribution in [2.75, 3.05) is 12.0 Å². The van der Waals surface area contributed by atoms with E-state index in [1.54, 1.807) is 25.3 Å². The van der Waals surface area contributed by atoms with Gasteiger partial charge in [-0.1, -0.05) is 12.1 Å². The molecule has 0 saturated carbocycles. The van der Waals surface area contributed by atoms with Crippen molar-refractivity contribution < 1.29 is 19.4 Å². The number of aliphatic hydroxyl groups is 1. The number of thiophene rings is 1. The van der Waals surface area contributed by atoms with Crippen LogP contribution in [0.5, 0.6) is 5.75 Å². The lowest BCUT2D eigenvalue weighted by Crippen LogP contribution is -2.29. The second-order valence-corrected chi connectivity index (χ2v) is 8.62. The molecular weight excluding hydrogens is 410 g/mol. The number of hydrogen-bond donors (Lipinski definition) is 1. The molecule has 1 amide bonds. The maximum atomic E-state index is 13.1. The zero-order valence-corrected chi connectivity index (χ0v) is 18.6. The summed E-state index contributed by atoms with van der Waals surface area (Å²) < 4.78 is 5.29. The first-order valence-electron chi connectivity index (χ1n) is 9.90. The summed E-state index contributed by atoms with van der Waals surface area (Å²) in [6, 6.07) is 13.9. The molecule has 0 spiro atoms. The van der Waals surface area contributed by atoms with Gasteiger partial charge >= 0.3 is 0 Å². The average molecular weight is 434 g/mol. The molecule has 0 radical (unpaired) electrons. The topological polar surface area (TPSA) is 66.8 Å². The largest absolute Gasteiger partial charge is 0.507 e. The van der Waals surface area contributed by atoms with Gasteiger partial charge in [0.15, 0.2) is 0 Å². The molecule has 0 bridgehead atoms. The normalized spacial score (nSPS) is 17.9. The number of aryl methyl sites for hydroxylation is 3. The van der Waals surface area contributed by atoms with Crippen LogP contribution in [0, 0.1) is 20.8 Å². The molecule has 1 aliphatic heterocycles. The molecule has 158 valence electrons. The number of ether oxygens (including phenoxy) is 1. The van der Waals surface area contributed by atoms with Crippen LogP contribution in [0.25, 0.3) is 5.76 Å². The third-order valence-electron chi connectivity index (χ3n) is 5.69. The summed E-state index contributed by atoms with van der Waals surface area (Å²) in [5.41, 5.74) is 4.14. The van der Waals surface area contributed by atoms with E-state index in [0.717, 1.165) is 21.6 Å². The number of carbonyl (C=O) groups excluding carboxylic acids is 2. The number of nitrogens with zero attached hydrogens (tertiary/aromatic N) is 1. The fourth-order valence-electron chi connectivity index (χ4n) is 3.87. The quantitative estimate of drug-likeness (QED) is 0.344. The zero-order valence-electron chi connectivity index (χ0n) is 17.8. The maximum absolute atomic E-state index is 13.1. The number of ketones is 1. The van der Waals surface area contributed by atoms with Gasteiger partial charge < -0.3 is 9.84 Å². The summed E-state index contributed by atoms with van der Waals surface area (Å²) >= 11 is 1.44. The standard InChI is InChI=1S/C25H23NO4S/c1-14-7-9-18(13-15(14)2)26-22(20-6-5-11-31-20)21(24(28)25(26)29)23(27)17-8-10-19(30-4)16(3)12-17/h5-13,22,27H,1-4H3/b23-21-. The fourth-order valence-corrected chi connectivity index (χ4v) is 4.70. The van der Waals surface area contributed by atoms with E-state index in [1.165, 1.54) is 16.2 Å². The molecule has 2 aromatic carbocycles. The van der Waals surface area contributed by atoms with E-state index < -0.39 is 17.7 Å². The van der Waals surface area contributed by atoms with Gasteiger partial charge in [0.1, 0.15) is 17.6 Å². The van der Waals surface area contributed by atoms with E-state index in [2.05, 4.69) is 0 Å². The lowest BCUT2D eigenvalue weighted by Gasteiger charge is -2.25. The van der Waals surface area contributed by atoms with Crippen LogP contribution in [-0.4, -0.2) is 23.9 Å². The third-order valence-corrected chi connectivity index (χ3v) is 6.62. The van der Waals surface area contributed by atoms with Crippen LogP contribution in [0.15, 0.2) is 59.5 Å². The highest BCUT2D eigenvalue weighted by atomic mass is 32.1. The Morgan fingerprint density at radius 1 is 1.00 bits per heavy atom. The van der Waals surface area contributed by atoms with E-state index in [-0.39, 0.29) is 11.3 Å². The van der Waals surface area contributed by atoms with Crippen LogP contribution < -0.4 is 9.64 Å². The number of hydrogen-bond acceptors (Lipinski definition) is 5. The van der Waals surface area contributed by atoms with Crippen molar-refractivity contribution in [2.24, 2.45) is 0 Å². The summed E-state index contributed by atoms with van der Waals surface area (Å²) in [6.07, 6.45) is 0. The van der Waals surface area contributed by atoms with Gasteiger partial charge in [-0.15, -0.1) is 11.3 Å². The summed E-state index contributed by atoms with van der Waals surface area (Å²) in [4.78, 5) is 28.6. The van der Waals surface area contributed by atoms with Crippen LogP contribution in [0.4, 0.5) is 5.69 Å². The van der Waals surface area contributed by atoms with Crippen molar-refractivity contribution in [3.05, 3.63) is 86.6 Å². The van der Waals surface area contributed by atoms with Crippen molar-refractivity contribution in [3.8, 4) is 5.75 Å². The smallest absolute Gasteiger partial charge is 0.300 e. The van der Waals surface area contributed by atoms with E-state index in [1.807, 2.05) is 56.5 Å². The Bertz CT molecular complexity index is 1210. The van der Waals surface area contributed by atoms with Gasteiger partial charge in [-0.05, 0) is 79.2 Å². The van der Waals surface area contributed by atoms with Gasteiger partial charge in [0.25, 0.3) is 11.7 Å². The minimum atomic E-state index is -0.692. The highest BCUT2D eigenvalue weighted by molar-refractivity contribution is 7.10. The molecule has 1 atom stereocenters. The molecule has 6 heteroatoms. The van der Waals surface area contributed by atoms with Gasteiger partial charge in [-0.25, -0.2) is 0 Å². The first-order chi connectivity index (χ1) is 14.8. The van der Waals surface area contributed by atoms with Crippen molar-refractivity contribution >= 4 is 34.5 Å². The highest BCUT2D eigenvalue weighted by Gasteiger charge is 2.47. The van der Waals surface area contributed by atoms with Crippen molar-refractivity contribution in [2.45, 2.75) is 26.8 Å². The Hall–Kier alpha value is -3.38. The Morgan fingerprint density at radius 3 is 2.39 bits per heavy atom. The molecule has 3 aromatic rings. The zero-order chi connectivity index (χ0) is 22.3. The number of Topliss-reactive ketones (excluding diaryl/α,β-unsaturated/α-hetero) is 1. The van der Waals surface area contributed by atoms with Gasteiger partial charge in [0, 0.05) is 16.1 Å². The van der Waals surface area contributed by atoms with E-state index in [9.17, 15) is 14.7 Å².